The molecule has 2 N–H and O–H groups in total. The van der Waals surface area contributed by atoms with Crippen LogP contribution in [-0.2, 0) is 11.3 Å². The summed E-state index contributed by atoms with van der Waals surface area (Å²) in [6.07, 6.45) is 1.93. The molecule has 0 saturated carbocycles. The Hall–Kier alpha value is -3.48. The van der Waals surface area contributed by atoms with E-state index in [9.17, 15) is 14.0 Å². The zero-order valence-corrected chi connectivity index (χ0v) is 18.5. The molecule has 2 aromatic carbocycles. The summed E-state index contributed by atoms with van der Waals surface area (Å²) in [7, 11) is 0. The topological polar surface area (TPSA) is 76.0 Å². The monoisotopic (exact) mass is 434 g/mol. The highest BCUT2D eigenvalue weighted by Crippen LogP contribution is 2.39. The van der Waals surface area contributed by atoms with Gasteiger partial charge in [0.2, 0.25) is 5.91 Å². The first kappa shape index (κ1) is 21.7. The molecule has 0 radical (unpaired) electrons. The summed E-state index contributed by atoms with van der Waals surface area (Å²) in [5, 5.41) is 10.5. The van der Waals surface area contributed by atoms with E-state index >= 15 is 0 Å². The lowest BCUT2D eigenvalue weighted by Gasteiger charge is -2.33. The number of amides is 2. The lowest BCUT2D eigenvalue weighted by atomic mass is 9.82. The van der Waals surface area contributed by atoms with Crippen LogP contribution in [0.4, 0.5) is 10.2 Å². The Kier molecular flexibility index (Phi) is 6.08. The van der Waals surface area contributed by atoms with Crippen molar-refractivity contribution >= 4 is 17.6 Å². The number of aryl methyl sites for hydroxylation is 3. The predicted octanol–water partition coefficient (Wildman–Crippen LogP) is 4.32. The van der Waals surface area contributed by atoms with Crippen LogP contribution in [-0.4, -0.2) is 27.6 Å². The van der Waals surface area contributed by atoms with Gasteiger partial charge in [0.15, 0.2) is 0 Å². The van der Waals surface area contributed by atoms with Crippen LogP contribution >= 0.6 is 0 Å². The van der Waals surface area contributed by atoms with Crippen LogP contribution in [0.15, 0.2) is 48.5 Å². The number of unbranched alkanes of at least 4 members (excludes halogenated alkanes) is 1. The van der Waals surface area contributed by atoms with Crippen molar-refractivity contribution in [3.8, 4) is 0 Å². The number of rotatable bonds is 6. The molecular weight excluding hydrogens is 407 g/mol. The molecule has 166 valence electrons. The summed E-state index contributed by atoms with van der Waals surface area (Å²) < 4.78 is 15.5. The molecule has 6 nitrogen and oxygen atoms in total. The van der Waals surface area contributed by atoms with Gasteiger partial charge in [-0.05, 0) is 50.1 Å². The van der Waals surface area contributed by atoms with Gasteiger partial charge >= 0.3 is 0 Å². The van der Waals surface area contributed by atoms with E-state index in [0.29, 0.717) is 17.9 Å². The van der Waals surface area contributed by atoms with Crippen molar-refractivity contribution in [3.63, 3.8) is 0 Å². The fraction of sp³-hybridized carbons (Fsp3) is 0.320. The Balaban J connectivity index is 1.77. The quantitative estimate of drug-likeness (QED) is 0.607. The molecule has 1 aromatic heterocycles. The molecule has 0 fully saturated rings. The summed E-state index contributed by atoms with van der Waals surface area (Å²) in [6.45, 7) is 6.59. The molecule has 2 atom stereocenters. The molecule has 7 heteroatoms. The van der Waals surface area contributed by atoms with Crippen molar-refractivity contribution in [1.82, 2.24) is 15.1 Å². The molecule has 3 aromatic rings. The molecule has 0 aliphatic carbocycles. The molecule has 1 aliphatic rings. The van der Waals surface area contributed by atoms with Gasteiger partial charge < -0.3 is 10.6 Å². The first-order valence-electron chi connectivity index (χ1n) is 10.9. The van der Waals surface area contributed by atoms with Gasteiger partial charge in [-0.3, -0.25) is 9.59 Å². The Morgan fingerprint density at radius 2 is 1.94 bits per heavy atom. The van der Waals surface area contributed by atoms with Crippen LogP contribution in [0.3, 0.4) is 0 Å². The third kappa shape index (κ3) is 4.15. The number of fused-ring (bicyclic) bond motifs is 1. The van der Waals surface area contributed by atoms with Crippen molar-refractivity contribution < 1.29 is 14.0 Å². The molecule has 0 bridgehead atoms. The molecule has 0 spiro atoms. The lowest BCUT2D eigenvalue weighted by molar-refractivity contribution is -0.118. The summed E-state index contributed by atoms with van der Waals surface area (Å²) in [5.41, 5.74) is 3.81. The van der Waals surface area contributed by atoms with E-state index < -0.39 is 12.0 Å². The van der Waals surface area contributed by atoms with E-state index in [1.54, 1.807) is 24.3 Å². The first-order chi connectivity index (χ1) is 15.4. The van der Waals surface area contributed by atoms with Gasteiger partial charge in [-0.25, -0.2) is 9.07 Å². The van der Waals surface area contributed by atoms with Gasteiger partial charge in [0.1, 0.15) is 17.7 Å². The lowest BCUT2D eigenvalue weighted by Crippen LogP contribution is -2.50. The Labute approximate surface area is 186 Å². The van der Waals surface area contributed by atoms with Gasteiger partial charge in [-0.1, -0.05) is 43.2 Å². The van der Waals surface area contributed by atoms with Gasteiger partial charge in [0.25, 0.3) is 5.91 Å². The van der Waals surface area contributed by atoms with Gasteiger partial charge in [-0.15, -0.1) is 0 Å². The number of carbonyl (C=O) groups excluding carboxylic acids is 2. The number of nitrogens with zero attached hydrogens (tertiary/aromatic N) is 2. The Morgan fingerprint density at radius 3 is 2.62 bits per heavy atom. The second-order valence-corrected chi connectivity index (χ2v) is 8.26. The minimum atomic E-state index is -0.858. The molecular formula is C25H27FN4O2. The van der Waals surface area contributed by atoms with Gasteiger partial charge in [-0.2, -0.15) is 5.10 Å². The normalized spacial score (nSPS) is 17.6. The number of anilines is 1. The maximum atomic E-state index is 13.7. The van der Waals surface area contributed by atoms with Crippen LogP contribution in [0.1, 0.15) is 58.4 Å². The molecule has 0 saturated heterocycles. The zero-order chi connectivity index (χ0) is 22.8. The standard InChI is InChI=1S/C25H27FN4O2/c1-4-5-13-30-23-20(16(3)29-30)21(17-9-11-19(26)12-10-17)22(25(32)28-23)27-24(31)18-8-6-7-15(2)14-18/h6-12,14,21-22H,4-5,13H2,1-3H3,(H,27,31)(H,28,32)/t21-,22+/m0/s1. The van der Waals surface area contributed by atoms with E-state index in [4.69, 9.17) is 0 Å². The van der Waals surface area contributed by atoms with Crippen molar-refractivity contribution in [3.05, 3.63) is 82.3 Å². The SMILES string of the molecule is CCCCn1nc(C)c2c1NC(=O)[C@H](NC(=O)c1cccc(C)c1)[C@H]2c1ccc(F)cc1. The zero-order valence-electron chi connectivity index (χ0n) is 18.5. The van der Waals surface area contributed by atoms with E-state index in [1.165, 1.54) is 12.1 Å². The van der Waals surface area contributed by atoms with Crippen LogP contribution in [0.2, 0.25) is 0 Å². The number of halogens is 1. The maximum absolute atomic E-state index is 13.7. The highest BCUT2D eigenvalue weighted by atomic mass is 19.1. The molecule has 32 heavy (non-hydrogen) atoms. The average molecular weight is 435 g/mol. The van der Waals surface area contributed by atoms with E-state index in [2.05, 4.69) is 22.7 Å². The minimum absolute atomic E-state index is 0.314. The number of aromatic nitrogens is 2. The Morgan fingerprint density at radius 1 is 1.19 bits per heavy atom. The number of benzene rings is 2. The Bertz CT molecular complexity index is 1150. The second-order valence-electron chi connectivity index (χ2n) is 8.26. The molecule has 4 rings (SSSR count). The number of hydrogen-bond acceptors (Lipinski definition) is 3. The van der Waals surface area contributed by atoms with Crippen molar-refractivity contribution in [2.45, 2.75) is 52.1 Å². The highest BCUT2D eigenvalue weighted by molar-refractivity contribution is 6.04. The summed E-state index contributed by atoms with van der Waals surface area (Å²) >= 11 is 0. The predicted molar refractivity (Wildman–Crippen MR) is 121 cm³/mol. The molecule has 2 amide bonds. The third-order valence-corrected chi connectivity index (χ3v) is 5.86. The molecule has 1 aliphatic heterocycles. The minimum Gasteiger partial charge on any atom is -0.339 e. The first-order valence-corrected chi connectivity index (χ1v) is 10.9. The van der Waals surface area contributed by atoms with Crippen LogP contribution < -0.4 is 10.6 Å². The van der Waals surface area contributed by atoms with Gasteiger partial charge in [0, 0.05) is 23.6 Å². The number of carbonyl (C=O) groups is 2. The van der Waals surface area contributed by atoms with Crippen LogP contribution in [0.5, 0.6) is 0 Å². The van der Waals surface area contributed by atoms with Crippen molar-refractivity contribution in [2.24, 2.45) is 0 Å². The van der Waals surface area contributed by atoms with Crippen molar-refractivity contribution in [1.29, 1.82) is 0 Å². The second kappa shape index (κ2) is 8.94. The number of hydrogen-bond donors (Lipinski definition) is 2. The fourth-order valence-corrected chi connectivity index (χ4v) is 4.27. The van der Waals surface area contributed by atoms with Crippen LogP contribution in [0, 0.1) is 19.7 Å². The summed E-state index contributed by atoms with van der Waals surface area (Å²) in [6, 6.07) is 12.4. The maximum Gasteiger partial charge on any atom is 0.251 e. The van der Waals surface area contributed by atoms with E-state index in [0.717, 1.165) is 35.2 Å². The molecule has 0 unspecified atom stereocenters. The highest BCUT2D eigenvalue weighted by Gasteiger charge is 2.41. The van der Waals surface area contributed by atoms with Gasteiger partial charge in [0.05, 0.1) is 5.69 Å². The van der Waals surface area contributed by atoms with E-state index in [1.807, 2.05) is 30.7 Å². The average Bonchev–Trinajstić information content (AvgIpc) is 3.08. The molecule has 2 heterocycles. The summed E-state index contributed by atoms with van der Waals surface area (Å²) in [4.78, 5) is 26.2. The van der Waals surface area contributed by atoms with Crippen LogP contribution in [0.25, 0.3) is 0 Å². The summed E-state index contributed by atoms with van der Waals surface area (Å²) in [5.74, 6) is -0.837. The fourth-order valence-electron chi connectivity index (χ4n) is 4.27. The largest absolute Gasteiger partial charge is 0.339 e. The third-order valence-electron chi connectivity index (χ3n) is 5.86. The van der Waals surface area contributed by atoms with Crippen molar-refractivity contribution in [2.75, 3.05) is 5.32 Å². The number of nitrogens with one attached hydrogen (secondary N) is 2. The smallest absolute Gasteiger partial charge is 0.251 e. The van der Waals surface area contributed by atoms with E-state index in [-0.39, 0.29) is 17.6 Å².